The third-order valence-corrected chi connectivity index (χ3v) is 2.31. The molecule has 14 heavy (non-hydrogen) atoms. The van der Waals surface area contributed by atoms with Crippen LogP contribution in [-0.2, 0) is 6.61 Å². The molecule has 0 heterocycles. The van der Waals surface area contributed by atoms with Gasteiger partial charge < -0.3 is 5.11 Å². The molecule has 1 aromatic rings. The third kappa shape index (κ3) is 3.17. The highest BCUT2D eigenvalue weighted by Gasteiger charge is 1.95. The van der Waals surface area contributed by atoms with Gasteiger partial charge in [0.2, 0.25) is 0 Å². The summed E-state index contributed by atoms with van der Waals surface area (Å²) in [5, 5.41) is 9.84. The zero-order valence-electron chi connectivity index (χ0n) is 8.18. The molecule has 2 heteroatoms. The molecule has 0 radical (unpaired) electrons. The SMILES string of the molecule is Cc1cc(CO)ccc1C#CCCBr. The number of hydrogen-bond donors (Lipinski definition) is 1. The van der Waals surface area contributed by atoms with Crippen molar-refractivity contribution in [3.8, 4) is 11.8 Å². The minimum Gasteiger partial charge on any atom is -0.392 e. The standard InChI is InChI=1S/C12H13BrO/c1-10-8-11(9-14)5-6-12(10)4-2-3-7-13/h5-6,8,14H,3,7,9H2,1H3. The minimum atomic E-state index is 0.0932. The van der Waals surface area contributed by atoms with Crippen molar-refractivity contribution in [3.63, 3.8) is 0 Å². The molecule has 0 unspecified atom stereocenters. The summed E-state index contributed by atoms with van der Waals surface area (Å²) in [6.45, 7) is 2.10. The highest BCUT2D eigenvalue weighted by Crippen LogP contribution is 2.09. The zero-order valence-corrected chi connectivity index (χ0v) is 9.76. The Hall–Kier alpha value is -0.780. The molecule has 0 amide bonds. The lowest BCUT2D eigenvalue weighted by Crippen LogP contribution is -1.87. The maximum Gasteiger partial charge on any atom is 0.0681 e. The van der Waals surface area contributed by atoms with E-state index < -0.39 is 0 Å². The second-order valence-corrected chi connectivity index (χ2v) is 3.84. The van der Waals surface area contributed by atoms with Crippen molar-refractivity contribution in [3.05, 3.63) is 34.9 Å². The lowest BCUT2D eigenvalue weighted by atomic mass is 10.1. The van der Waals surface area contributed by atoms with Crippen LogP contribution in [0.4, 0.5) is 0 Å². The molecule has 0 aliphatic rings. The third-order valence-electron chi connectivity index (χ3n) is 1.92. The lowest BCUT2D eigenvalue weighted by Gasteiger charge is -2.00. The summed E-state index contributed by atoms with van der Waals surface area (Å²) in [6, 6.07) is 5.84. The zero-order chi connectivity index (χ0) is 10.4. The minimum absolute atomic E-state index is 0.0932. The summed E-state index contributed by atoms with van der Waals surface area (Å²) in [7, 11) is 0. The van der Waals surface area contributed by atoms with Gasteiger partial charge in [-0.05, 0) is 24.1 Å². The maximum atomic E-state index is 8.92. The smallest absolute Gasteiger partial charge is 0.0681 e. The summed E-state index contributed by atoms with van der Waals surface area (Å²) >= 11 is 3.33. The Morgan fingerprint density at radius 2 is 2.21 bits per heavy atom. The Kier molecular flexibility index (Phi) is 4.72. The van der Waals surface area contributed by atoms with Crippen LogP contribution in [0.3, 0.4) is 0 Å². The molecule has 0 spiro atoms. The number of aliphatic hydroxyl groups is 1. The average Bonchev–Trinajstić information content (AvgIpc) is 2.20. The first kappa shape index (κ1) is 11.3. The molecule has 0 aliphatic carbocycles. The van der Waals surface area contributed by atoms with Gasteiger partial charge in [-0.15, -0.1) is 0 Å². The summed E-state index contributed by atoms with van der Waals surface area (Å²) in [5.41, 5.74) is 3.11. The van der Waals surface area contributed by atoms with Crippen molar-refractivity contribution in [1.82, 2.24) is 0 Å². The topological polar surface area (TPSA) is 20.2 Å². The number of halogens is 1. The molecule has 1 aromatic carbocycles. The van der Waals surface area contributed by atoms with Crippen molar-refractivity contribution < 1.29 is 5.11 Å². The van der Waals surface area contributed by atoms with E-state index in [2.05, 4.69) is 27.8 Å². The molecule has 0 saturated carbocycles. The van der Waals surface area contributed by atoms with Gasteiger partial charge in [0.1, 0.15) is 0 Å². The van der Waals surface area contributed by atoms with Crippen molar-refractivity contribution in [2.45, 2.75) is 20.0 Å². The van der Waals surface area contributed by atoms with E-state index in [4.69, 9.17) is 5.11 Å². The Bertz CT molecular complexity index is 360. The molecular formula is C12H13BrO. The van der Waals surface area contributed by atoms with Crippen molar-refractivity contribution in [2.24, 2.45) is 0 Å². The van der Waals surface area contributed by atoms with Crippen LogP contribution in [0.15, 0.2) is 18.2 Å². The summed E-state index contributed by atoms with van der Waals surface area (Å²) in [6.07, 6.45) is 0.862. The van der Waals surface area contributed by atoms with Gasteiger partial charge in [0.05, 0.1) is 6.61 Å². The van der Waals surface area contributed by atoms with Gasteiger partial charge in [-0.25, -0.2) is 0 Å². The Balaban J connectivity index is 2.85. The molecule has 0 aliphatic heterocycles. The second-order valence-electron chi connectivity index (χ2n) is 3.05. The van der Waals surface area contributed by atoms with Gasteiger partial charge in [0.25, 0.3) is 0 Å². The molecule has 1 rings (SSSR count). The van der Waals surface area contributed by atoms with E-state index in [-0.39, 0.29) is 6.61 Å². The van der Waals surface area contributed by atoms with Crippen LogP contribution in [0.1, 0.15) is 23.1 Å². The molecule has 0 saturated heterocycles. The second kappa shape index (κ2) is 5.85. The number of hydrogen-bond acceptors (Lipinski definition) is 1. The molecule has 74 valence electrons. The largest absolute Gasteiger partial charge is 0.392 e. The highest BCUT2D eigenvalue weighted by atomic mass is 79.9. The monoisotopic (exact) mass is 252 g/mol. The molecule has 1 nitrogen and oxygen atoms in total. The van der Waals surface area contributed by atoms with E-state index in [0.29, 0.717) is 0 Å². The van der Waals surface area contributed by atoms with Crippen LogP contribution in [0, 0.1) is 18.8 Å². The van der Waals surface area contributed by atoms with Gasteiger partial charge >= 0.3 is 0 Å². The number of aliphatic hydroxyl groups excluding tert-OH is 1. The first-order chi connectivity index (χ1) is 6.77. The van der Waals surface area contributed by atoms with E-state index >= 15 is 0 Å². The fourth-order valence-corrected chi connectivity index (χ4v) is 1.37. The summed E-state index contributed by atoms with van der Waals surface area (Å²) < 4.78 is 0. The number of benzene rings is 1. The Morgan fingerprint density at radius 1 is 1.43 bits per heavy atom. The first-order valence-electron chi connectivity index (χ1n) is 4.53. The fraction of sp³-hybridized carbons (Fsp3) is 0.333. The molecular weight excluding hydrogens is 240 g/mol. The van der Waals surface area contributed by atoms with Gasteiger partial charge in [0.15, 0.2) is 0 Å². The van der Waals surface area contributed by atoms with Crippen molar-refractivity contribution >= 4 is 15.9 Å². The fourth-order valence-electron chi connectivity index (χ4n) is 1.17. The molecule has 1 N–H and O–H groups in total. The Labute approximate surface area is 93.3 Å². The van der Waals surface area contributed by atoms with Crippen LogP contribution in [0.5, 0.6) is 0 Å². The van der Waals surface area contributed by atoms with Crippen LogP contribution in [-0.4, -0.2) is 10.4 Å². The van der Waals surface area contributed by atoms with Crippen molar-refractivity contribution in [1.29, 1.82) is 0 Å². The predicted octanol–water partition coefficient (Wildman–Crippen LogP) is 2.62. The average molecular weight is 253 g/mol. The Morgan fingerprint density at radius 3 is 2.79 bits per heavy atom. The van der Waals surface area contributed by atoms with E-state index in [1.54, 1.807) is 0 Å². The van der Waals surface area contributed by atoms with Gasteiger partial charge in [0, 0.05) is 17.3 Å². The van der Waals surface area contributed by atoms with Gasteiger partial charge in [-0.1, -0.05) is 39.9 Å². The van der Waals surface area contributed by atoms with E-state index in [1.807, 2.05) is 25.1 Å². The number of rotatable bonds is 2. The molecule has 0 aromatic heterocycles. The molecule has 0 atom stereocenters. The molecule has 0 bridgehead atoms. The highest BCUT2D eigenvalue weighted by molar-refractivity contribution is 9.09. The number of aryl methyl sites for hydroxylation is 1. The van der Waals surface area contributed by atoms with Crippen LogP contribution < -0.4 is 0 Å². The summed E-state index contributed by atoms with van der Waals surface area (Å²) in [4.78, 5) is 0. The normalized spacial score (nSPS) is 9.36. The van der Waals surface area contributed by atoms with Crippen LogP contribution >= 0.6 is 15.9 Å². The lowest BCUT2D eigenvalue weighted by molar-refractivity contribution is 0.282. The van der Waals surface area contributed by atoms with Crippen LogP contribution in [0.25, 0.3) is 0 Å². The van der Waals surface area contributed by atoms with Crippen LogP contribution in [0.2, 0.25) is 0 Å². The van der Waals surface area contributed by atoms with E-state index in [9.17, 15) is 0 Å². The molecule has 0 fully saturated rings. The van der Waals surface area contributed by atoms with Gasteiger partial charge in [-0.2, -0.15) is 0 Å². The summed E-state index contributed by atoms with van der Waals surface area (Å²) in [5.74, 6) is 6.17. The first-order valence-corrected chi connectivity index (χ1v) is 5.65. The predicted molar refractivity (Wildman–Crippen MR) is 62.4 cm³/mol. The van der Waals surface area contributed by atoms with Gasteiger partial charge in [-0.3, -0.25) is 0 Å². The van der Waals surface area contributed by atoms with Crippen molar-refractivity contribution in [2.75, 3.05) is 5.33 Å². The van der Waals surface area contributed by atoms with E-state index in [0.717, 1.165) is 28.4 Å². The maximum absolute atomic E-state index is 8.92. The van der Waals surface area contributed by atoms with E-state index in [1.165, 1.54) is 0 Å². The number of alkyl halides is 1. The quantitative estimate of drug-likeness (QED) is 0.634.